The van der Waals surface area contributed by atoms with E-state index in [4.69, 9.17) is 10.00 Å². The first-order valence-corrected chi connectivity index (χ1v) is 7.33. The maximum absolute atomic E-state index is 12.0. The van der Waals surface area contributed by atoms with Gasteiger partial charge in [0.25, 0.3) is 5.91 Å². The number of aryl methyl sites for hydroxylation is 1. The number of rotatable bonds is 6. The van der Waals surface area contributed by atoms with Gasteiger partial charge in [-0.15, -0.1) is 0 Å². The van der Waals surface area contributed by atoms with Crippen LogP contribution in [0, 0.1) is 18.3 Å². The molecular weight excluding hydrogens is 306 g/mol. The van der Waals surface area contributed by atoms with Crippen molar-refractivity contribution in [3.05, 3.63) is 54.1 Å². The standard InChI is InChI=1S/C18H17N3O3/c1-13-6-8-14(9-7-13)24-12-18(23)21-16-5-3-2-4-15(16)20-17(22)10-11-19/h2-9H,10,12H2,1H3,(H,20,22)(H,21,23). The van der Waals surface area contributed by atoms with E-state index in [9.17, 15) is 9.59 Å². The lowest BCUT2D eigenvalue weighted by Crippen LogP contribution is -2.21. The maximum Gasteiger partial charge on any atom is 0.262 e. The fourth-order valence-corrected chi connectivity index (χ4v) is 1.94. The van der Waals surface area contributed by atoms with Gasteiger partial charge in [0, 0.05) is 0 Å². The van der Waals surface area contributed by atoms with Gasteiger partial charge in [-0.1, -0.05) is 29.8 Å². The van der Waals surface area contributed by atoms with Gasteiger partial charge in [0.05, 0.1) is 17.4 Å². The average molecular weight is 323 g/mol. The van der Waals surface area contributed by atoms with Crippen LogP contribution >= 0.6 is 0 Å². The van der Waals surface area contributed by atoms with Gasteiger partial charge in [0.2, 0.25) is 5.91 Å². The van der Waals surface area contributed by atoms with E-state index < -0.39 is 5.91 Å². The SMILES string of the molecule is Cc1ccc(OCC(=O)Nc2ccccc2NC(=O)CC#N)cc1. The molecule has 2 aromatic carbocycles. The Bertz CT molecular complexity index is 764. The largest absolute Gasteiger partial charge is 0.484 e. The zero-order valence-corrected chi connectivity index (χ0v) is 13.2. The smallest absolute Gasteiger partial charge is 0.262 e. The van der Waals surface area contributed by atoms with Crippen molar-refractivity contribution in [1.29, 1.82) is 5.26 Å². The van der Waals surface area contributed by atoms with Crippen molar-refractivity contribution in [2.24, 2.45) is 0 Å². The van der Waals surface area contributed by atoms with Gasteiger partial charge in [0.1, 0.15) is 12.2 Å². The van der Waals surface area contributed by atoms with Crippen LogP contribution in [0.5, 0.6) is 5.75 Å². The number of para-hydroxylation sites is 2. The van der Waals surface area contributed by atoms with Gasteiger partial charge in [-0.25, -0.2) is 0 Å². The van der Waals surface area contributed by atoms with Crippen LogP contribution < -0.4 is 15.4 Å². The van der Waals surface area contributed by atoms with Gasteiger partial charge >= 0.3 is 0 Å². The lowest BCUT2D eigenvalue weighted by Gasteiger charge is -2.12. The van der Waals surface area contributed by atoms with Crippen LogP contribution in [0.4, 0.5) is 11.4 Å². The first kappa shape index (κ1) is 17.0. The molecule has 0 aromatic heterocycles. The minimum atomic E-state index is -0.435. The highest BCUT2D eigenvalue weighted by Crippen LogP contribution is 2.21. The van der Waals surface area contributed by atoms with Crippen molar-refractivity contribution in [2.75, 3.05) is 17.2 Å². The van der Waals surface area contributed by atoms with Crippen LogP contribution in [0.15, 0.2) is 48.5 Å². The minimum Gasteiger partial charge on any atom is -0.484 e. The fourth-order valence-electron chi connectivity index (χ4n) is 1.94. The van der Waals surface area contributed by atoms with Gasteiger partial charge in [-0.3, -0.25) is 9.59 Å². The number of carbonyl (C=O) groups excluding carboxylic acids is 2. The summed E-state index contributed by atoms with van der Waals surface area (Å²) in [4.78, 5) is 23.5. The summed E-state index contributed by atoms with van der Waals surface area (Å²) in [5.41, 5.74) is 1.98. The monoisotopic (exact) mass is 323 g/mol. The Balaban J connectivity index is 1.95. The molecule has 0 aliphatic carbocycles. The van der Waals surface area contributed by atoms with E-state index in [2.05, 4.69) is 10.6 Å². The van der Waals surface area contributed by atoms with Crippen LogP contribution in [-0.2, 0) is 9.59 Å². The summed E-state index contributed by atoms with van der Waals surface area (Å²) in [7, 11) is 0. The van der Waals surface area contributed by atoms with Gasteiger partial charge in [-0.2, -0.15) is 5.26 Å². The second-order valence-corrected chi connectivity index (χ2v) is 5.08. The molecule has 0 spiro atoms. The first-order chi connectivity index (χ1) is 11.6. The Kier molecular flexibility index (Phi) is 5.92. The van der Waals surface area contributed by atoms with Crippen LogP contribution in [0.25, 0.3) is 0 Å². The topological polar surface area (TPSA) is 91.2 Å². The van der Waals surface area contributed by atoms with Crippen LogP contribution in [0.3, 0.4) is 0 Å². The summed E-state index contributed by atoms with van der Waals surface area (Å²) in [6, 6.07) is 15.9. The Morgan fingerprint density at radius 1 is 1.00 bits per heavy atom. The Morgan fingerprint density at radius 2 is 1.58 bits per heavy atom. The molecule has 0 heterocycles. The maximum atomic E-state index is 12.0. The average Bonchev–Trinajstić information content (AvgIpc) is 2.56. The number of hydrogen-bond donors (Lipinski definition) is 2. The van der Waals surface area contributed by atoms with Crippen molar-refractivity contribution in [2.45, 2.75) is 13.3 Å². The van der Waals surface area contributed by atoms with Crippen LogP contribution in [0.1, 0.15) is 12.0 Å². The summed E-state index contributed by atoms with van der Waals surface area (Å²) in [6.07, 6.45) is -0.251. The molecule has 6 nitrogen and oxygen atoms in total. The summed E-state index contributed by atoms with van der Waals surface area (Å²) in [6.45, 7) is 1.82. The molecule has 122 valence electrons. The number of ether oxygens (including phenoxy) is 1. The summed E-state index contributed by atoms with van der Waals surface area (Å²) in [5, 5.41) is 13.8. The van der Waals surface area contributed by atoms with E-state index in [0.29, 0.717) is 17.1 Å². The number of carbonyl (C=O) groups is 2. The lowest BCUT2D eigenvalue weighted by molar-refractivity contribution is -0.118. The molecule has 2 rings (SSSR count). The van der Waals surface area contributed by atoms with E-state index in [1.54, 1.807) is 42.5 Å². The van der Waals surface area contributed by atoms with Crippen LogP contribution in [-0.4, -0.2) is 18.4 Å². The molecule has 24 heavy (non-hydrogen) atoms. The van der Waals surface area contributed by atoms with E-state index in [0.717, 1.165) is 5.56 Å². The molecule has 0 saturated carbocycles. The number of amides is 2. The molecule has 0 aliphatic rings. The van der Waals surface area contributed by atoms with Crippen molar-refractivity contribution in [1.82, 2.24) is 0 Å². The zero-order chi connectivity index (χ0) is 17.4. The van der Waals surface area contributed by atoms with Gasteiger partial charge in [0.15, 0.2) is 6.61 Å². The highest BCUT2D eigenvalue weighted by molar-refractivity contribution is 6.00. The summed E-state index contributed by atoms with van der Waals surface area (Å²) in [5.74, 6) is -0.181. The van der Waals surface area contributed by atoms with E-state index >= 15 is 0 Å². The highest BCUT2D eigenvalue weighted by atomic mass is 16.5. The third-order valence-electron chi connectivity index (χ3n) is 3.11. The molecule has 0 aliphatic heterocycles. The molecule has 6 heteroatoms. The van der Waals surface area contributed by atoms with E-state index in [1.807, 2.05) is 19.1 Å². The molecule has 2 amide bonds. The predicted molar refractivity (Wildman–Crippen MR) is 90.6 cm³/mol. The number of nitriles is 1. The third kappa shape index (κ3) is 5.14. The number of nitrogens with one attached hydrogen (secondary N) is 2. The Labute approximate surface area is 140 Å². The number of benzene rings is 2. The van der Waals surface area contributed by atoms with Crippen molar-refractivity contribution in [3.63, 3.8) is 0 Å². The highest BCUT2D eigenvalue weighted by Gasteiger charge is 2.09. The summed E-state index contributed by atoms with van der Waals surface area (Å²) >= 11 is 0. The Hall–Kier alpha value is -3.33. The second-order valence-electron chi connectivity index (χ2n) is 5.08. The molecule has 0 fully saturated rings. The van der Waals surface area contributed by atoms with Gasteiger partial charge < -0.3 is 15.4 Å². The van der Waals surface area contributed by atoms with Crippen LogP contribution in [0.2, 0.25) is 0 Å². The lowest BCUT2D eigenvalue weighted by atomic mass is 10.2. The normalized spacial score (nSPS) is 9.67. The molecular formula is C18H17N3O3. The fraction of sp³-hybridized carbons (Fsp3) is 0.167. The molecule has 2 N–H and O–H groups in total. The van der Waals surface area contributed by atoms with Crippen molar-refractivity contribution >= 4 is 23.2 Å². The molecule has 0 atom stereocenters. The Morgan fingerprint density at radius 3 is 2.17 bits per heavy atom. The number of nitrogens with zero attached hydrogens (tertiary/aromatic N) is 1. The summed E-state index contributed by atoms with van der Waals surface area (Å²) < 4.78 is 5.41. The molecule has 2 aromatic rings. The molecule has 0 saturated heterocycles. The first-order valence-electron chi connectivity index (χ1n) is 7.33. The molecule has 0 bridgehead atoms. The molecule has 0 radical (unpaired) electrons. The zero-order valence-electron chi connectivity index (χ0n) is 13.2. The predicted octanol–water partition coefficient (Wildman–Crippen LogP) is 2.86. The minimum absolute atomic E-state index is 0.149. The van der Waals surface area contributed by atoms with Crippen molar-refractivity contribution < 1.29 is 14.3 Å². The van der Waals surface area contributed by atoms with E-state index in [1.165, 1.54) is 0 Å². The second kappa shape index (κ2) is 8.34. The molecule has 0 unspecified atom stereocenters. The van der Waals surface area contributed by atoms with Crippen molar-refractivity contribution in [3.8, 4) is 11.8 Å². The van der Waals surface area contributed by atoms with E-state index in [-0.39, 0.29) is 18.9 Å². The van der Waals surface area contributed by atoms with Gasteiger partial charge in [-0.05, 0) is 31.2 Å². The number of anilines is 2. The number of hydrogen-bond acceptors (Lipinski definition) is 4. The quantitative estimate of drug-likeness (QED) is 0.855. The third-order valence-corrected chi connectivity index (χ3v) is 3.11.